The smallest absolute Gasteiger partial charge is 0.222 e. The number of nitrogens with one attached hydrogen (secondary N) is 1. The second kappa shape index (κ2) is 8.77. The lowest BCUT2D eigenvalue weighted by molar-refractivity contribution is -0.114. The van der Waals surface area contributed by atoms with Crippen molar-refractivity contribution in [2.24, 2.45) is 0 Å². The van der Waals surface area contributed by atoms with Gasteiger partial charge in [0.1, 0.15) is 5.82 Å². The molecule has 0 aliphatic carbocycles. The van der Waals surface area contributed by atoms with Gasteiger partial charge >= 0.3 is 0 Å². The fourth-order valence-electron chi connectivity index (χ4n) is 3.05. The third-order valence-corrected chi connectivity index (χ3v) is 4.86. The molecule has 1 amide bonds. The molecule has 0 saturated carbocycles. The largest absolute Gasteiger partial charge is 0.493 e. The van der Waals surface area contributed by atoms with Crippen LogP contribution in [0.3, 0.4) is 0 Å². The SMILES string of the molecule is CCC(C)c1ccnc(-n2nc(-c3ccc(OC)c(OC)c3)cc2NC(C)=O)c1. The first-order chi connectivity index (χ1) is 14.0. The van der Waals surface area contributed by atoms with Gasteiger partial charge in [-0.15, -0.1) is 0 Å². The molecule has 7 nitrogen and oxygen atoms in total. The maximum absolute atomic E-state index is 11.7. The van der Waals surface area contributed by atoms with Crippen molar-refractivity contribution in [3.05, 3.63) is 48.2 Å². The molecule has 0 aliphatic rings. The van der Waals surface area contributed by atoms with E-state index in [1.807, 2.05) is 36.4 Å². The number of hydrogen-bond acceptors (Lipinski definition) is 5. The number of carbonyl (C=O) groups excluding carboxylic acids is 1. The quantitative estimate of drug-likeness (QED) is 0.642. The van der Waals surface area contributed by atoms with E-state index in [0.29, 0.717) is 34.7 Å². The summed E-state index contributed by atoms with van der Waals surface area (Å²) in [6, 6.07) is 11.4. The van der Waals surface area contributed by atoms with E-state index < -0.39 is 0 Å². The molecule has 0 saturated heterocycles. The zero-order valence-corrected chi connectivity index (χ0v) is 17.4. The molecule has 3 aromatic rings. The molecule has 2 heterocycles. The number of carbonyl (C=O) groups is 1. The molecular formula is C22H26N4O3. The van der Waals surface area contributed by atoms with Crippen LogP contribution in [0.25, 0.3) is 17.1 Å². The first-order valence-electron chi connectivity index (χ1n) is 9.53. The molecule has 2 aromatic heterocycles. The predicted octanol–water partition coefficient (Wildman–Crippen LogP) is 4.42. The van der Waals surface area contributed by atoms with Crippen molar-refractivity contribution < 1.29 is 14.3 Å². The molecule has 0 radical (unpaired) electrons. The van der Waals surface area contributed by atoms with Crippen LogP contribution in [0.15, 0.2) is 42.6 Å². The number of hydrogen-bond donors (Lipinski definition) is 1. The highest BCUT2D eigenvalue weighted by Gasteiger charge is 2.16. The summed E-state index contributed by atoms with van der Waals surface area (Å²) < 4.78 is 12.4. The van der Waals surface area contributed by atoms with Crippen LogP contribution in [0.2, 0.25) is 0 Å². The maximum Gasteiger partial charge on any atom is 0.222 e. The van der Waals surface area contributed by atoms with Gasteiger partial charge in [0.05, 0.1) is 19.9 Å². The molecule has 1 aromatic carbocycles. The summed E-state index contributed by atoms with van der Waals surface area (Å²) in [7, 11) is 3.18. The molecule has 0 bridgehead atoms. The topological polar surface area (TPSA) is 78.3 Å². The second-order valence-corrected chi connectivity index (χ2v) is 6.83. The highest BCUT2D eigenvalue weighted by molar-refractivity contribution is 5.88. The molecule has 3 rings (SSSR count). The Labute approximate surface area is 170 Å². The Morgan fingerprint density at radius 1 is 1.14 bits per heavy atom. The van der Waals surface area contributed by atoms with Crippen LogP contribution in [0, 0.1) is 0 Å². The van der Waals surface area contributed by atoms with Gasteiger partial charge in [-0.25, -0.2) is 4.98 Å². The first kappa shape index (κ1) is 20.4. The van der Waals surface area contributed by atoms with Gasteiger partial charge in [0, 0.05) is 24.8 Å². The average molecular weight is 394 g/mol. The van der Waals surface area contributed by atoms with Gasteiger partial charge in [0.25, 0.3) is 0 Å². The van der Waals surface area contributed by atoms with E-state index in [1.165, 1.54) is 12.5 Å². The van der Waals surface area contributed by atoms with E-state index in [-0.39, 0.29) is 5.91 Å². The van der Waals surface area contributed by atoms with Crippen LogP contribution in [0.1, 0.15) is 38.7 Å². The van der Waals surface area contributed by atoms with Crippen LogP contribution < -0.4 is 14.8 Å². The summed E-state index contributed by atoms with van der Waals surface area (Å²) >= 11 is 0. The number of methoxy groups -OCH3 is 2. The Kier molecular flexibility index (Phi) is 6.16. The maximum atomic E-state index is 11.7. The molecule has 7 heteroatoms. The average Bonchev–Trinajstić information content (AvgIpc) is 3.15. The fourth-order valence-corrected chi connectivity index (χ4v) is 3.05. The number of nitrogens with zero attached hydrogens (tertiary/aromatic N) is 3. The van der Waals surface area contributed by atoms with Gasteiger partial charge in [0.15, 0.2) is 17.3 Å². The molecule has 1 N–H and O–H groups in total. The summed E-state index contributed by atoms with van der Waals surface area (Å²) in [5.74, 6) is 2.68. The number of aromatic nitrogens is 3. The third-order valence-electron chi connectivity index (χ3n) is 4.86. The Balaban J connectivity index is 2.09. The Morgan fingerprint density at radius 2 is 1.90 bits per heavy atom. The molecule has 1 atom stereocenters. The second-order valence-electron chi connectivity index (χ2n) is 6.83. The van der Waals surface area contributed by atoms with E-state index in [2.05, 4.69) is 24.1 Å². The lowest BCUT2D eigenvalue weighted by atomic mass is 10.00. The number of anilines is 1. The summed E-state index contributed by atoms with van der Waals surface area (Å²) in [5.41, 5.74) is 2.70. The van der Waals surface area contributed by atoms with Crippen molar-refractivity contribution in [1.29, 1.82) is 0 Å². The van der Waals surface area contributed by atoms with Crippen molar-refractivity contribution in [3.8, 4) is 28.6 Å². The molecule has 1 unspecified atom stereocenters. The molecule has 152 valence electrons. The van der Waals surface area contributed by atoms with Gasteiger partial charge in [0.2, 0.25) is 5.91 Å². The lowest BCUT2D eigenvalue weighted by Crippen LogP contribution is -2.12. The zero-order valence-electron chi connectivity index (χ0n) is 17.4. The molecule has 0 fully saturated rings. The van der Waals surface area contributed by atoms with Gasteiger partial charge in [-0.3, -0.25) is 4.79 Å². The van der Waals surface area contributed by atoms with Gasteiger partial charge in [-0.1, -0.05) is 13.8 Å². The van der Waals surface area contributed by atoms with Gasteiger partial charge in [-0.2, -0.15) is 9.78 Å². The van der Waals surface area contributed by atoms with Crippen molar-refractivity contribution >= 4 is 11.7 Å². The summed E-state index contributed by atoms with van der Waals surface area (Å²) in [6.45, 7) is 5.79. The molecule has 29 heavy (non-hydrogen) atoms. The van der Waals surface area contributed by atoms with Crippen LogP contribution in [0.4, 0.5) is 5.82 Å². The normalized spacial score (nSPS) is 11.8. The standard InChI is InChI=1S/C22H26N4O3/c1-6-14(2)16-9-10-23-21(12-16)26-22(24-15(3)27)13-18(25-26)17-7-8-19(28-4)20(11-17)29-5/h7-14H,6H2,1-5H3,(H,24,27). The molecule has 0 aliphatic heterocycles. The van der Waals surface area contributed by atoms with E-state index in [9.17, 15) is 4.79 Å². The lowest BCUT2D eigenvalue weighted by Gasteiger charge is -2.11. The monoisotopic (exact) mass is 394 g/mol. The van der Waals surface area contributed by atoms with Gasteiger partial charge < -0.3 is 14.8 Å². The highest BCUT2D eigenvalue weighted by Crippen LogP contribution is 2.33. The minimum absolute atomic E-state index is 0.178. The Morgan fingerprint density at radius 3 is 2.55 bits per heavy atom. The van der Waals surface area contributed by atoms with E-state index in [1.54, 1.807) is 25.1 Å². The number of ether oxygens (including phenoxy) is 2. The Bertz CT molecular complexity index is 1010. The molecular weight excluding hydrogens is 368 g/mol. The van der Waals surface area contributed by atoms with Crippen LogP contribution in [-0.4, -0.2) is 34.9 Å². The minimum atomic E-state index is -0.178. The summed E-state index contributed by atoms with van der Waals surface area (Å²) in [4.78, 5) is 16.2. The zero-order chi connectivity index (χ0) is 21.0. The van der Waals surface area contributed by atoms with Crippen LogP contribution in [0.5, 0.6) is 11.5 Å². The number of pyridine rings is 1. The summed E-state index contributed by atoms with van der Waals surface area (Å²) in [6.07, 6.45) is 2.80. The van der Waals surface area contributed by atoms with Gasteiger partial charge in [-0.05, 0) is 48.2 Å². The van der Waals surface area contributed by atoms with E-state index in [0.717, 1.165) is 12.0 Å². The van der Waals surface area contributed by atoms with Crippen LogP contribution >= 0.6 is 0 Å². The fraction of sp³-hybridized carbons (Fsp3) is 0.318. The highest BCUT2D eigenvalue weighted by atomic mass is 16.5. The predicted molar refractivity (Wildman–Crippen MR) is 113 cm³/mol. The minimum Gasteiger partial charge on any atom is -0.493 e. The first-order valence-corrected chi connectivity index (χ1v) is 9.53. The van der Waals surface area contributed by atoms with Crippen molar-refractivity contribution in [2.45, 2.75) is 33.1 Å². The number of benzene rings is 1. The van der Waals surface area contributed by atoms with Crippen LogP contribution in [-0.2, 0) is 4.79 Å². The van der Waals surface area contributed by atoms with Crippen molar-refractivity contribution in [1.82, 2.24) is 14.8 Å². The summed E-state index contributed by atoms with van der Waals surface area (Å²) in [5, 5.41) is 7.55. The molecule has 0 spiro atoms. The van der Waals surface area contributed by atoms with E-state index >= 15 is 0 Å². The third kappa shape index (κ3) is 4.39. The van der Waals surface area contributed by atoms with E-state index in [4.69, 9.17) is 14.6 Å². The Hall–Kier alpha value is -3.35. The van der Waals surface area contributed by atoms with Crippen molar-refractivity contribution in [3.63, 3.8) is 0 Å². The number of amides is 1. The van der Waals surface area contributed by atoms with Crippen molar-refractivity contribution in [2.75, 3.05) is 19.5 Å². The number of rotatable bonds is 7.